The van der Waals surface area contributed by atoms with E-state index in [9.17, 15) is 0 Å². The summed E-state index contributed by atoms with van der Waals surface area (Å²) in [6.07, 6.45) is 4.18. The highest BCUT2D eigenvalue weighted by Gasteiger charge is 2.07. The van der Waals surface area contributed by atoms with Crippen LogP contribution in [0.3, 0.4) is 0 Å². The molecule has 0 bridgehead atoms. The van der Waals surface area contributed by atoms with Crippen molar-refractivity contribution in [3.63, 3.8) is 0 Å². The zero-order valence-electron chi connectivity index (χ0n) is 15.2. The van der Waals surface area contributed by atoms with Crippen molar-refractivity contribution < 1.29 is 0 Å². The van der Waals surface area contributed by atoms with E-state index in [1.54, 1.807) is 23.5 Å². The molecular weight excluding hydrogens is 352 g/mol. The maximum Gasteiger partial charge on any atom is 0.00695 e. The maximum atomic E-state index is 4.31. The Hall–Kier alpha value is -2.16. The summed E-state index contributed by atoms with van der Waals surface area (Å²) < 4.78 is 0. The topological polar surface area (TPSA) is 0 Å². The van der Waals surface area contributed by atoms with E-state index < -0.39 is 0 Å². The van der Waals surface area contributed by atoms with Gasteiger partial charge in [-0.1, -0.05) is 55.6 Å². The van der Waals surface area contributed by atoms with Gasteiger partial charge in [0.05, 0.1) is 0 Å². The largest absolute Gasteiger partial charge is 0.130 e. The molecule has 130 valence electrons. The van der Waals surface area contributed by atoms with Crippen molar-refractivity contribution in [3.8, 4) is 0 Å². The van der Waals surface area contributed by atoms with Crippen LogP contribution in [0.2, 0.25) is 0 Å². The minimum atomic E-state index is 1.03. The maximum absolute atomic E-state index is 4.31. The summed E-state index contributed by atoms with van der Waals surface area (Å²) in [5.74, 6) is 0. The van der Waals surface area contributed by atoms with Gasteiger partial charge in [-0.3, -0.25) is 0 Å². The summed E-state index contributed by atoms with van der Waals surface area (Å²) in [4.78, 5) is 2.52. The van der Waals surface area contributed by atoms with Gasteiger partial charge in [-0.05, 0) is 76.2 Å². The smallest absolute Gasteiger partial charge is 0.00695 e. The molecule has 26 heavy (non-hydrogen) atoms. The standard InChI is InChI=1S/C24H22S2/c1-17(19-8-12-23(25-3)13-9-19)21-6-5-7-22(16-21)18(2)20-10-14-24(26-4)15-11-20/h5-16H,1-2H2,3-4H3. The lowest BCUT2D eigenvalue weighted by Gasteiger charge is -2.11. The Morgan fingerprint density at radius 1 is 0.577 bits per heavy atom. The average molecular weight is 375 g/mol. The van der Waals surface area contributed by atoms with E-state index in [0.29, 0.717) is 0 Å². The third kappa shape index (κ3) is 4.14. The Labute approximate surface area is 165 Å². The van der Waals surface area contributed by atoms with Gasteiger partial charge in [-0.15, -0.1) is 23.5 Å². The van der Waals surface area contributed by atoms with Crippen LogP contribution < -0.4 is 0 Å². The van der Waals surface area contributed by atoms with Crippen LogP contribution in [0.4, 0.5) is 0 Å². The van der Waals surface area contributed by atoms with Crippen LogP contribution in [-0.2, 0) is 0 Å². The van der Waals surface area contributed by atoms with E-state index in [0.717, 1.165) is 33.4 Å². The predicted octanol–water partition coefficient (Wildman–Crippen LogP) is 7.25. The third-order valence-electron chi connectivity index (χ3n) is 4.44. The molecule has 0 atom stereocenters. The molecule has 0 amide bonds. The quantitative estimate of drug-likeness (QED) is 0.417. The number of thioether (sulfide) groups is 2. The van der Waals surface area contributed by atoms with Gasteiger partial charge in [0, 0.05) is 9.79 Å². The number of benzene rings is 3. The van der Waals surface area contributed by atoms with Crippen LogP contribution in [0, 0.1) is 0 Å². The van der Waals surface area contributed by atoms with Crippen molar-refractivity contribution in [2.75, 3.05) is 12.5 Å². The normalized spacial score (nSPS) is 10.5. The highest BCUT2D eigenvalue weighted by atomic mass is 32.2. The van der Waals surface area contributed by atoms with Crippen LogP contribution in [0.15, 0.2) is 95.7 Å². The van der Waals surface area contributed by atoms with Gasteiger partial charge in [0.2, 0.25) is 0 Å². The molecule has 0 aliphatic rings. The minimum absolute atomic E-state index is 1.03. The summed E-state index contributed by atoms with van der Waals surface area (Å²) in [6, 6.07) is 25.6. The molecule has 0 aliphatic carbocycles. The van der Waals surface area contributed by atoms with Gasteiger partial charge in [0.1, 0.15) is 0 Å². The van der Waals surface area contributed by atoms with Gasteiger partial charge >= 0.3 is 0 Å². The summed E-state index contributed by atoms with van der Waals surface area (Å²) >= 11 is 3.50. The van der Waals surface area contributed by atoms with Crippen molar-refractivity contribution in [2.45, 2.75) is 9.79 Å². The Kier molecular flexibility index (Phi) is 6.08. The lowest BCUT2D eigenvalue weighted by atomic mass is 9.94. The molecule has 0 aliphatic heterocycles. The molecule has 0 aromatic heterocycles. The third-order valence-corrected chi connectivity index (χ3v) is 5.92. The van der Waals surface area contributed by atoms with Crippen molar-refractivity contribution in [2.24, 2.45) is 0 Å². The summed E-state index contributed by atoms with van der Waals surface area (Å²) in [5, 5.41) is 0. The fraction of sp³-hybridized carbons (Fsp3) is 0.0833. The molecule has 3 rings (SSSR count). The SMILES string of the molecule is C=C(c1ccc(SC)cc1)c1cccc(C(=C)c2ccc(SC)cc2)c1. The van der Waals surface area contributed by atoms with E-state index in [1.165, 1.54) is 9.79 Å². The van der Waals surface area contributed by atoms with Crippen LogP contribution >= 0.6 is 23.5 Å². The van der Waals surface area contributed by atoms with Gasteiger partial charge < -0.3 is 0 Å². The first-order valence-electron chi connectivity index (χ1n) is 8.40. The summed E-state index contributed by atoms with van der Waals surface area (Å²) in [7, 11) is 0. The highest BCUT2D eigenvalue weighted by Crippen LogP contribution is 2.29. The molecule has 0 nitrogen and oxygen atoms in total. The van der Waals surface area contributed by atoms with E-state index in [1.807, 2.05) is 0 Å². The molecular formula is C24H22S2. The van der Waals surface area contributed by atoms with Crippen LogP contribution in [0.25, 0.3) is 11.1 Å². The molecule has 0 spiro atoms. The fourth-order valence-electron chi connectivity index (χ4n) is 2.81. The molecule has 0 saturated carbocycles. The zero-order chi connectivity index (χ0) is 18.5. The molecule has 3 aromatic carbocycles. The Morgan fingerprint density at radius 3 is 1.31 bits per heavy atom. The van der Waals surface area contributed by atoms with Crippen molar-refractivity contribution in [1.82, 2.24) is 0 Å². The first kappa shape index (κ1) is 18.6. The highest BCUT2D eigenvalue weighted by molar-refractivity contribution is 7.98. The van der Waals surface area contributed by atoms with Gasteiger partial charge in [0.15, 0.2) is 0 Å². The zero-order valence-corrected chi connectivity index (χ0v) is 16.8. The van der Waals surface area contributed by atoms with Crippen LogP contribution in [0.5, 0.6) is 0 Å². The summed E-state index contributed by atoms with van der Waals surface area (Å²) in [6.45, 7) is 8.61. The average Bonchev–Trinajstić information content (AvgIpc) is 2.73. The molecule has 0 saturated heterocycles. The van der Waals surface area contributed by atoms with Crippen LogP contribution in [-0.4, -0.2) is 12.5 Å². The van der Waals surface area contributed by atoms with Crippen molar-refractivity contribution in [1.29, 1.82) is 0 Å². The van der Waals surface area contributed by atoms with E-state index in [2.05, 4.69) is 98.5 Å². The molecule has 0 unspecified atom stereocenters. The van der Waals surface area contributed by atoms with Crippen molar-refractivity contribution >= 4 is 34.7 Å². The molecule has 0 fully saturated rings. The molecule has 2 heteroatoms. The lowest BCUT2D eigenvalue weighted by Crippen LogP contribution is -1.91. The van der Waals surface area contributed by atoms with Gasteiger partial charge in [-0.2, -0.15) is 0 Å². The van der Waals surface area contributed by atoms with E-state index in [-0.39, 0.29) is 0 Å². The first-order chi connectivity index (χ1) is 12.6. The monoisotopic (exact) mass is 374 g/mol. The van der Waals surface area contributed by atoms with E-state index >= 15 is 0 Å². The molecule has 0 N–H and O–H groups in total. The minimum Gasteiger partial charge on any atom is -0.130 e. The molecule has 3 aromatic rings. The second kappa shape index (κ2) is 8.48. The van der Waals surface area contributed by atoms with Gasteiger partial charge in [-0.25, -0.2) is 0 Å². The molecule has 0 heterocycles. The number of hydrogen-bond donors (Lipinski definition) is 0. The second-order valence-electron chi connectivity index (χ2n) is 5.99. The fourth-order valence-corrected chi connectivity index (χ4v) is 3.63. The predicted molar refractivity (Wildman–Crippen MR) is 119 cm³/mol. The van der Waals surface area contributed by atoms with E-state index in [4.69, 9.17) is 0 Å². The van der Waals surface area contributed by atoms with Crippen molar-refractivity contribution in [3.05, 3.63) is 108 Å². The lowest BCUT2D eigenvalue weighted by molar-refractivity contribution is 1.42. The first-order valence-corrected chi connectivity index (χ1v) is 10.8. The Morgan fingerprint density at radius 2 is 0.962 bits per heavy atom. The van der Waals surface area contributed by atoms with Crippen LogP contribution in [0.1, 0.15) is 22.3 Å². The number of hydrogen-bond acceptors (Lipinski definition) is 2. The molecule has 0 radical (unpaired) electrons. The summed E-state index contributed by atoms with van der Waals surface area (Å²) in [5.41, 5.74) is 6.61. The number of rotatable bonds is 6. The Balaban J connectivity index is 1.86. The second-order valence-corrected chi connectivity index (χ2v) is 7.75. The van der Waals surface area contributed by atoms with Gasteiger partial charge in [0.25, 0.3) is 0 Å². The Bertz CT molecular complexity index is 844.